The molecule has 1 N–H and O–H groups in total. The lowest BCUT2D eigenvalue weighted by Gasteiger charge is -2.03. The van der Waals surface area contributed by atoms with Crippen LogP contribution in [0.3, 0.4) is 0 Å². The standard InChI is InChI=1S/C7H12O3/c1-4-6(2)7(3,10-6)5(8)9/h4H2,1-3H3,(H,8,9). The fourth-order valence-electron chi connectivity index (χ4n) is 1.10. The predicted molar refractivity (Wildman–Crippen MR) is 35.8 cm³/mol. The highest BCUT2D eigenvalue weighted by Gasteiger charge is 2.67. The van der Waals surface area contributed by atoms with Crippen LogP contribution in [0.15, 0.2) is 0 Å². The molecule has 0 aliphatic carbocycles. The fraction of sp³-hybridized carbons (Fsp3) is 0.857. The van der Waals surface area contributed by atoms with Gasteiger partial charge in [0, 0.05) is 0 Å². The summed E-state index contributed by atoms with van der Waals surface area (Å²) in [5.41, 5.74) is -1.36. The van der Waals surface area contributed by atoms with Crippen molar-refractivity contribution >= 4 is 5.97 Å². The summed E-state index contributed by atoms with van der Waals surface area (Å²) in [6, 6.07) is 0. The monoisotopic (exact) mass is 144 g/mol. The molecule has 0 saturated carbocycles. The molecule has 0 amide bonds. The Bertz CT molecular complexity index is 178. The van der Waals surface area contributed by atoms with E-state index in [4.69, 9.17) is 9.84 Å². The first-order chi connectivity index (χ1) is 4.46. The van der Waals surface area contributed by atoms with E-state index < -0.39 is 17.2 Å². The van der Waals surface area contributed by atoms with Gasteiger partial charge < -0.3 is 9.84 Å². The predicted octanol–water partition coefficient (Wildman–Crippen LogP) is 1.03. The van der Waals surface area contributed by atoms with Gasteiger partial charge in [0.15, 0.2) is 5.60 Å². The Morgan fingerprint density at radius 1 is 1.60 bits per heavy atom. The van der Waals surface area contributed by atoms with Crippen LogP contribution in [0, 0.1) is 0 Å². The molecule has 0 aromatic carbocycles. The van der Waals surface area contributed by atoms with Crippen LogP contribution in [0.25, 0.3) is 0 Å². The molecule has 0 aromatic heterocycles. The lowest BCUT2D eigenvalue weighted by molar-refractivity contribution is -0.142. The van der Waals surface area contributed by atoms with Crippen LogP contribution < -0.4 is 0 Å². The number of carboxylic acid groups (broad SMARTS) is 1. The highest BCUT2D eigenvalue weighted by Crippen LogP contribution is 2.49. The summed E-state index contributed by atoms with van der Waals surface area (Å²) in [5, 5.41) is 8.65. The average molecular weight is 144 g/mol. The van der Waals surface area contributed by atoms with E-state index >= 15 is 0 Å². The number of carboxylic acids is 1. The Morgan fingerprint density at radius 3 is 2.20 bits per heavy atom. The maximum absolute atomic E-state index is 10.5. The second-order valence-electron chi connectivity index (χ2n) is 3.02. The van der Waals surface area contributed by atoms with Crippen LogP contribution in [0.1, 0.15) is 27.2 Å². The van der Waals surface area contributed by atoms with Gasteiger partial charge in [-0.25, -0.2) is 4.79 Å². The molecule has 1 saturated heterocycles. The molecule has 0 radical (unpaired) electrons. The molecule has 1 heterocycles. The minimum atomic E-state index is -0.929. The molecule has 3 heteroatoms. The van der Waals surface area contributed by atoms with Crippen molar-refractivity contribution in [2.24, 2.45) is 0 Å². The van der Waals surface area contributed by atoms with Gasteiger partial charge in [0.1, 0.15) is 5.60 Å². The van der Waals surface area contributed by atoms with Gasteiger partial charge in [-0.1, -0.05) is 6.92 Å². The number of carbonyl (C=O) groups is 1. The molecule has 1 fully saturated rings. The van der Waals surface area contributed by atoms with E-state index in [9.17, 15) is 4.79 Å². The lowest BCUT2D eigenvalue weighted by Crippen LogP contribution is -2.28. The van der Waals surface area contributed by atoms with E-state index in [0.717, 1.165) is 6.42 Å². The van der Waals surface area contributed by atoms with Crippen molar-refractivity contribution in [1.82, 2.24) is 0 Å². The van der Waals surface area contributed by atoms with Crippen LogP contribution in [-0.4, -0.2) is 22.3 Å². The van der Waals surface area contributed by atoms with Crippen molar-refractivity contribution in [3.63, 3.8) is 0 Å². The molecule has 3 nitrogen and oxygen atoms in total. The first-order valence-electron chi connectivity index (χ1n) is 3.40. The molecule has 1 rings (SSSR count). The lowest BCUT2D eigenvalue weighted by atomic mass is 9.94. The third kappa shape index (κ3) is 0.669. The van der Waals surface area contributed by atoms with Crippen LogP contribution in [0.2, 0.25) is 0 Å². The minimum absolute atomic E-state index is 0.432. The second-order valence-corrected chi connectivity index (χ2v) is 3.02. The molecule has 10 heavy (non-hydrogen) atoms. The Labute approximate surface area is 60.0 Å². The third-order valence-electron chi connectivity index (χ3n) is 2.48. The van der Waals surface area contributed by atoms with Gasteiger partial charge in [-0.05, 0) is 20.3 Å². The van der Waals surface area contributed by atoms with E-state index in [0.29, 0.717) is 0 Å². The molecule has 58 valence electrons. The molecule has 2 atom stereocenters. The first-order valence-corrected chi connectivity index (χ1v) is 3.40. The van der Waals surface area contributed by atoms with E-state index in [1.165, 1.54) is 0 Å². The molecule has 1 aliphatic rings. The van der Waals surface area contributed by atoms with Crippen LogP contribution in [0.5, 0.6) is 0 Å². The topological polar surface area (TPSA) is 49.8 Å². The van der Waals surface area contributed by atoms with Gasteiger partial charge in [-0.2, -0.15) is 0 Å². The van der Waals surface area contributed by atoms with Gasteiger partial charge >= 0.3 is 5.97 Å². The van der Waals surface area contributed by atoms with Crippen molar-refractivity contribution < 1.29 is 14.6 Å². The zero-order valence-electron chi connectivity index (χ0n) is 6.47. The maximum Gasteiger partial charge on any atom is 0.338 e. The second kappa shape index (κ2) is 1.72. The number of rotatable bonds is 2. The summed E-state index contributed by atoms with van der Waals surface area (Å²) in [6.07, 6.45) is 0.746. The SMILES string of the molecule is CCC1(C)OC1(C)C(=O)O. The molecule has 0 spiro atoms. The molecule has 1 aliphatic heterocycles. The summed E-state index contributed by atoms with van der Waals surface area (Å²) >= 11 is 0. The third-order valence-corrected chi connectivity index (χ3v) is 2.48. The quantitative estimate of drug-likeness (QED) is 0.589. The smallest absolute Gasteiger partial charge is 0.338 e. The van der Waals surface area contributed by atoms with E-state index in [1.54, 1.807) is 6.92 Å². The molecular weight excluding hydrogens is 132 g/mol. The highest BCUT2D eigenvalue weighted by atomic mass is 16.6. The Morgan fingerprint density at radius 2 is 2.10 bits per heavy atom. The zero-order valence-corrected chi connectivity index (χ0v) is 6.47. The Balaban J connectivity index is 2.72. The van der Waals surface area contributed by atoms with Gasteiger partial charge in [0.25, 0.3) is 0 Å². The van der Waals surface area contributed by atoms with Crippen LogP contribution >= 0.6 is 0 Å². The average Bonchev–Trinajstić information content (AvgIpc) is 2.39. The largest absolute Gasteiger partial charge is 0.479 e. The summed E-state index contributed by atoms with van der Waals surface area (Å²) in [4.78, 5) is 10.5. The zero-order chi connectivity index (χ0) is 7.99. The molecule has 0 aromatic rings. The van der Waals surface area contributed by atoms with Gasteiger partial charge in [0.05, 0.1) is 0 Å². The van der Waals surface area contributed by atoms with Gasteiger partial charge in [-0.3, -0.25) is 0 Å². The van der Waals surface area contributed by atoms with E-state index in [2.05, 4.69) is 0 Å². The number of hydrogen-bond acceptors (Lipinski definition) is 2. The summed E-state index contributed by atoms with van der Waals surface area (Å²) in [5.74, 6) is -0.864. The molecule has 2 unspecified atom stereocenters. The van der Waals surface area contributed by atoms with Crippen molar-refractivity contribution in [2.45, 2.75) is 38.4 Å². The normalized spacial score (nSPS) is 45.1. The van der Waals surface area contributed by atoms with Crippen molar-refractivity contribution in [3.8, 4) is 0 Å². The Kier molecular flexibility index (Phi) is 1.30. The number of ether oxygens (including phenoxy) is 1. The highest BCUT2D eigenvalue weighted by molar-refractivity contribution is 5.82. The van der Waals surface area contributed by atoms with Crippen molar-refractivity contribution in [1.29, 1.82) is 0 Å². The van der Waals surface area contributed by atoms with E-state index in [1.807, 2.05) is 13.8 Å². The minimum Gasteiger partial charge on any atom is -0.479 e. The van der Waals surface area contributed by atoms with Crippen LogP contribution in [0.4, 0.5) is 0 Å². The molecular formula is C7H12O3. The van der Waals surface area contributed by atoms with Crippen molar-refractivity contribution in [3.05, 3.63) is 0 Å². The summed E-state index contributed by atoms with van der Waals surface area (Å²) < 4.78 is 5.10. The van der Waals surface area contributed by atoms with Gasteiger partial charge in [-0.15, -0.1) is 0 Å². The molecule has 0 bridgehead atoms. The number of aliphatic carboxylic acids is 1. The van der Waals surface area contributed by atoms with Crippen LogP contribution in [-0.2, 0) is 9.53 Å². The summed E-state index contributed by atoms with van der Waals surface area (Å²) in [6.45, 7) is 5.36. The fourth-order valence-corrected chi connectivity index (χ4v) is 1.10. The number of epoxide rings is 1. The summed E-state index contributed by atoms with van der Waals surface area (Å²) in [7, 11) is 0. The van der Waals surface area contributed by atoms with Gasteiger partial charge in [0.2, 0.25) is 0 Å². The Hall–Kier alpha value is -0.570. The van der Waals surface area contributed by atoms with Crippen molar-refractivity contribution in [2.75, 3.05) is 0 Å². The van der Waals surface area contributed by atoms with E-state index in [-0.39, 0.29) is 0 Å². The maximum atomic E-state index is 10.5. The first kappa shape index (κ1) is 7.54. The number of hydrogen-bond donors (Lipinski definition) is 1.